The van der Waals surface area contributed by atoms with Crippen LogP contribution < -0.4 is 0 Å². The largest absolute Gasteiger partial charge is 0.463 e. The second-order valence-electron chi connectivity index (χ2n) is 10.5. The Labute approximate surface area is 293 Å². The van der Waals surface area contributed by atoms with Crippen molar-refractivity contribution in [2.75, 3.05) is 132 Å². The minimum absolute atomic E-state index is 0.0614. The first-order chi connectivity index (χ1) is 24.1. The third-order valence-electron chi connectivity index (χ3n) is 6.45. The van der Waals surface area contributed by atoms with Crippen molar-refractivity contribution in [3.05, 3.63) is 30.3 Å². The summed E-state index contributed by atoms with van der Waals surface area (Å²) in [5.41, 5.74) is 0. The summed E-state index contributed by atoms with van der Waals surface area (Å²) in [6.45, 7) is 10.0. The van der Waals surface area contributed by atoms with Crippen LogP contribution in [0.25, 0.3) is 0 Å². The summed E-state index contributed by atoms with van der Waals surface area (Å²) in [6.07, 6.45) is 6.03. The summed E-state index contributed by atoms with van der Waals surface area (Å²) in [5.74, 6) is -0.155. The molecule has 0 saturated heterocycles. The maximum atomic E-state index is 12.0. The molecule has 0 aliphatic heterocycles. The van der Waals surface area contributed by atoms with Crippen LogP contribution in [-0.2, 0) is 66.5 Å². The highest BCUT2D eigenvalue weighted by Crippen LogP contribution is 2.10. The molecule has 0 aliphatic rings. The lowest BCUT2D eigenvalue weighted by Gasteiger charge is -2.09. The fourth-order valence-electron chi connectivity index (χ4n) is 3.88. The van der Waals surface area contributed by atoms with Gasteiger partial charge in [-0.25, -0.2) is 0 Å². The Kier molecular flexibility index (Phi) is 32.0. The molecule has 49 heavy (non-hydrogen) atoms. The van der Waals surface area contributed by atoms with Gasteiger partial charge in [-0.15, -0.1) is 0 Å². The van der Waals surface area contributed by atoms with Gasteiger partial charge in [0.25, 0.3) is 10.1 Å². The third-order valence-corrected chi connectivity index (χ3v) is 7.78. The highest BCUT2D eigenvalue weighted by atomic mass is 32.2. The number of esters is 1. The second kappa shape index (κ2) is 34.7. The van der Waals surface area contributed by atoms with Gasteiger partial charge >= 0.3 is 5.97 Å². The lowest BCUT2D eigenvalue weighted by atomic mass is 10.1. The summed E-state index contributed by atoms with van der Waals surface area (Å²) in [4.78, 5) is 11.7. The van der Waals surface area contributed by atoms with Gasteiger partial charge in [-0.2, -0.15) is 8.42 Å². The van der Waals surface area contributed by atoms with Gasteiger partial charge in [-0.3, -0.25) is 8.98 Å². The Bertz CT molecular complexity index is 951. The maximum absolute atomic E-state index is 12.0. The van der Waals surface area contributed by atoms with Crippen LogP contribution in [-0.4, -0.2) is 147 Å². The molecule has 1 aromatic rings. The Hall–Kier alpha value is -1.76. The average Bonchev–Trinajstić information content (AvgIpc) is 3.11. The summed E-state index contributed by atoms with van der Waals surface area (Å²) in [7, 11) is -3.76. The molecular formula is C34H60O14S. The van der Waals surface area contributed by atoms with Crippen molar-refractivity contribution in [2.45, 2.75) is 50.3 Å². The molecule has 0 unspecified atom stereocenters. The van der Waals surface area contributed by atoms with Crippen molar-refractivity contribution in [3.63, 3.8) is 0 Å². The first kappa shape index (κ1) is 45.3. The van der Waals surface area contributed by atoms with Gasteiger partial charge in [0.1, 0.15) is 6.61 Å². The van der Waals surface area contributed by atoms with Crippen LogP contribution in [0.3, 0.4) is 0 Å². The van der Waals surface area contributed by atoms with Gasteiger partial charge < -0.3 is 47.4 Å². The van der Waals surface area contributed by atoms with E-state index in [1.807, 2.05) is 0 Å². The van der Waals surface area contributed by atoms with Crippen molar-refractivity contribution in [2.24, 2.45) is 0 Å². The minimum atomic E-state index is -3.76. The predicted octanol–water partition coefficient (Wildman–Crippen LogP) is 3.45. The smallest absolute Gasteiger partial charge is 0.305 e. The first-order valence-corrected chi connectivity index (χ1v) is 18.8. The molecule has 0 radical (unpaired) electrons. The zero-order chi connectivity index (χ0) is 35.4. The van der Waals surface area contributed by atoms with Crippen LogP contribution >= 0.6 is 0 Å². The first-order valence-electron chi connectivity index (χ1n) is 17.4. The number of rotatable bonds is 38. The van der Waals surface area contributed by atoms with E-state index in [0.717, 1.165) is 12.8 Å². The van der Waals surface area contributed by atoms with Crippen LogP contribution in [0.4, 0.5) is 0 Å². The molecule has 15 heteroatoms. The molecule has 0 saturated carbocycles. The fourth-order valence-corrected chi connectivity index (χ4v) is 4.79. The number of ether oxygens (including phenoxy) is 10. The zero-order valence-corrected chi connectivity index (χ0v) is 30.2. The molecule has 0 heterocycles. The molecule has 0 amide bonds. The van der Waals surface area contributed by atoms with Gasteiger partial charge in [0.05, 0.1) is 130 Å². The normalized spacial score (nSPS) is 11.7. The van der Waals surface area contributed by atoms with Crippen molar-refractivity contribution >= 4 is 16.1 Å². The van der Waals surface area contributed by atoms with Gasteiger partial charge in [0.15, 0.2) is 0 Å². The predicted molar refractivity (Wildman–Crippen MR) is 181 cm³/mol. The van der Waals surface area contributed by atoms with Crippen LogP contribution in [0, 0.1) is 0 Å². The standard InChI is InChI=1S/C34H60O14S/c1-2-3-4-5-9-12-34(35)47-31-29-45-27-25-43-23-21-41-19-17-39-15-13-38-14-16-40-18-20-42-22-24-44-26-28-46-30-32-48-49(36,37)33-10-7-6-8-11-33/h6-8,10-11H,2-5,9,12-32H2,1H3. The van der Waals surface area contributed by atoms with Gasteiger partial charge in [0.2, 0.25) is 0 Å². The van der Waals surface area contributed by atoms with Crippen LogP contribution in [0.15, 0.2) is 35.2 Å². The number of benzene rings is 1. The lowest BCUT2D eigenvalue weighted by molar-refractivity contribution is -0.145. The maximum Gasteiger partial charge on any atom is 0.305 e. The van der Waals surface area contributed by atoms with E-state index in [1.54, 1.807) is 18.2 Å². The van der Waals surface area contributed by atoms with Crippen LogP contribution in [0.1, 0.15) is 45.4 Å². The van der Waals surface area contributed by atoms with E-state index in [9.17, 15) is 13.2 Å². The van der Waals surface area contributed by atoms with Gasteiger partial charge in [-0.05, 0) is 18.6 Å². The van der Waals surface area contributed by atoms with Crippen molar-refractivity contribution < 1.29 is 64.8 Å². The van der Waals surface area contributed by atoms with E-state index in [4.69, 9.17) is 51.6 Å². The molecule has 0 aliphatic carbocycles. The molecule has 0 N–H and O–H groups in total. The van der Waals surface area contributed by atoms with Crippen LogP contribution in [0.5, 0.6) is 0 Å². The van der Waals surface area contributed by atoms with E-state index >= 15 is 0 Å². The third kappa shape index (κ3) is 30.8. The molecule has 0 bridgehead atoms. The van der Waals surface area contributed by atoms with E-state index in [0.29, 0.717) is 119 Å². The lowest BCUT2D eigenvalue weighted by Crippen LogP contribution is -2.16. The fraction of sp³-hybridized carbons (Fsp3) is 0.794. The second-order valence-corrected chi connectivity index (χ2v) is 12.1. The Morgan fingerprint density at radius 2 is 0.816 bits per heavy atom. The van der Waals surface area contributed by atoms with E-state index in [1.165, 1.54) is 31.4 Å². The minimum Gasteiger partial charge on any atom is -0.463 e. The SMILES string of the molecule is CCCCCCCC(=O)OCCOCCOCCOCCOCCOCCOCCOCCOCCOCCOS(=O)(=O)c1ccccc1. The quantitative estimate of drug-likeness (QED) is 0.0556. The molecule has 0 atom stereocenters. The van der Waals surface area contributed by atoms with Crippen molar-refractivity contribution in [3.8, 4) is 0 Å². The highest BCUT2D eigenvalue weighted by molar-refractivity contribution is 7.86. The Balaban J connectivity index is 1.67. The van der Waals surface area contributed by atoms with Gasteiger partial charge in [0, 0.05) is 6.42 Å². The van der Waals surface area contributed by atoms with Gasteiger partial charge in [-0.1, -0.05) is 50.8 Å². The summed E-state index contributed by atoms with van der Waals surface area (Å²) in [5, 5.41) is 0. The number of carbonyl (C=O) groups is 1. The molecule has 286 valence electrons. The van der Waals surface area contributed by atoms with E-state index in [2.05, 4.69) is 6.92 Å². The molecule has 1 aromatic carbocycles. The van der Waals surface area contributed by atoms with E-state index in [-0.39, 0.29) is 30.7 Å². The molecule has 0 aromatic heterocycles. The molecule has 0 fully saturated rings. The topological polar surface area (TPSA) is 153 Å². The number of hydrogen-bond donors (Lipinski definition) is 0. The van der Waals surface area contributed by atoms with E-state index < -0.39 is 10.1 Å². The Morgan fingerprint density at radius 3 is 1.20 bits per heavy atom. The summed E-state index contributed by atoms with van der Waals surface area (Å²) < 4.78 is 82.9. The zero-order valence-electron chi connectivity index (χ0n) is 29.4. The monoisotopic (exact) mass is 724 g/mol. The highest BCUT2D eigenvalue weighted by Gasteiger charge is 2.13. The number of unbranched alkanes of at least 4 members (excludes halogenated alkanes) is 4. The number of carbonyl (C=O) groups excluding carboxylic acids is 1. The summed E-state index contributed by atoms with van der Waals surface area (Å²) in [6, 6.07) is 7.97. The molecule has 0 spiro atoms. The molecular weight excluding hydrogens is 664 g/mol. The van der Waals surface area contributed by atoms with Crippen LogP contribution in [0.2, 0.25) is 0 Å². The molecule has 1 rings (SSSR count). The number of hydrogen-bond acceptors (Lipinski definition) is 14. The summed E-state index contributed by atoms with van der Waals surface area (Å²) >= 11 is 0. The molecule has 14 nitrogen and oxygen atoms in total. The van der Waals surface area contributed by atoms with Crippen molar-refractivity contribution in [1.82, 2.24) is 0 Å². The van der Waals surface area contributed by atoms with Crippen molar-refractivity contribution in [1.29, 1.82) is 0 Å². The Morgan fingerprint density at radius 1 is 0.469 bits per heavy atom. The average molecular weight is 725 g/mol.